The fourth-order valence-electron chi connectivity index (χ4n) is 3.10. The summed E-state index contributed by atoms with van der Waals surface area (Å²) in [6.07, 6.45) is -4.50. The molecule has 1 heterocycles. The third-order valence-electron chi connectivity index (χ3n) is 4.86. The molecule has 1 saturated heterocycles. The summed E-state index contributed by atoms with van der Waals surface area (Å²) in [4.78, 5) is 14.3. The molecule has 0 unspecified atom stereocenters. The number of halogens is 3. The van der Waals surface area contributed by atoms with Crippen LogP contribution in [0.15, 0.2) is 36.4 Å². The SMILES string of the molecule is Cc1cccc(OCC(=O)Nc2cc(C(F)(F)F)ccc2N2CCOCC2)c1C. The molecule has 0 atom stereocenters. The predicted octanol–water partition coefficient (Wildman–Crippen LogP) is 4.18. The van der Waals surface area contributed by atoms with Crippen molar-refractivity contribution < 1.29 is 27.4 Å². The number of anilines is 2. The Hall–Kier alpha value is -2.74. The molecule has 2 aromatic carbocycles. The Morgan fingerprint density at radius 1 is 1.17 bits per heavy atom. The van der Waals surface area contributed by atoms with Crippen molar-refractivity contribution in [3.8, 4) is 5.75 Å². The highest BCUT2D eigenvalue weighted by Gasteiger charge is 2.32. The van der Waals surface area contributed by atoms with E-state index in [2.05, 4.69) is 5.32 Å². The van der Waals surface area contributed by atoms with Crippen molar-refractivity contribution in [1.29, 1.82) is 0 Å². The van der Waals surface area contributed by atoms with Gasteiger partial charge < -0.3 is 19.7 Å². The van der Waals surface area contributed by atoms with Gasteiger partial charge in [0.05, 0.1) is 30.2 Å². The third-order valence-corrected chi connectivity index (χ3v) is 4.86. The highest BCUT2D eigenvalue weighted by molar-refractivity contribution is 5.95. The maximum atomic E-state index is 13.2. The number of benzene rings is 2. The lowest BCUT2D eigenvalue weighted by Gasteiger charge is -2.31. The number of ether oxygens (including phenoxy) is 2. The van der Waals surface area contributed by atoms with Crippen LogP contribution in [0.5, 0.6) is 5.75 Å². The molecule has 1 aliphatic rings. The number of aryl methyl sites for hydroxylation is 1. The zero-order chi connectivity index (χ0) is 21.0. The highest BCUT2D eigenvalue weighted by Crippen LogP contribution is 2.35. The molecule has 0 aromatic heterocycles. The van der Waals surface area contributed by atoms with Crippen molar-refractivity contribution in [2.75, 3.05) is 43.1 Å². The van der Waals surface area contributed by atoms with E-state index in [1.807, 2.05) is 30.9 Å². The minimum absolute atomic E-state index is 0.108. The van der Waals surface area contributed by atoms with Crippen LogP contribution in [0.4, 0.5) is 24.5 Å². The highest BCUT2D eigenvalue weighted by atomic mass is 19.4. The van der Waals surface area contributed by atoms with Crippen molar-refractivity contribution >= 4 is 17.3 Å². The zero-order valence-electron chi connectivity index (χ0n) is 16.3. The number of rotatable bonds is 5. The van der Waals surface area contributed by atoms with Crippen LogP contribution in [-0.2, 0) is 15.7 Å². The number of nitrogens with zero attached hydrogens (tertiary/aromatic N) is 1. The Labute approximate surface area is 167 Å². The summed E-state index contributed by atoms with van der Waals surface area (Å²) >= 11 is 0. The van der Waals surface area contributed by atoms with Crippen LogP contribution in [0.3, 0.4) is 0 Å². The fraction of sp³-hybridized carbons (Fsp3) is 0.381. The molecule has 0 aliphatic carbocycles. The van der Waals surface area contributed by atoms with Crippen LogP contribution in [0.2, 0.25) is 0 Å². The van der Waals surface area contributed by atoms with Crippen LogP contribution in [-0.4, -0.2) is 38.8 Å². The lowest BCUT2D eigenvalue weighted by atomic mass is 10.1. The summed E-state index contributed by atoms with van der Waals surface area (Å²) in [7, 11) is 0. The van der Waals surface area contributed by atoms with Crippen molar-refractivity contribution in [2.45, 2.75) is 20.0 Å². The average Bonchev–Trinajstić information content (AvgIpc) is 2.69. The van der Waals surface area contributed by atoms with Gasteiger partial charge in [-0.1, -0.05) is 12.1 Å². The van der Waals surface area contributed by atoms with E-state index in [0.29, 0.717) is 37.7 Å². The smallest absolute Gasteiger partial charge is 0.416 e. The minimum atomic E-state index is -4.50. The van der Waals surface area contributed by atoms with Gasteiger partial charge in [-0.15, -0.1) is 0 Å². The lowest BCUT2D eigenvalue weighted by molar-refractivity contribution is -0.137. The summed E-state index contributed by atoms with van der Waals surface area (Å²) in [6, 6.07) is 8.86. The van der Waals surface area contributed by atoms with Gasteiger partial charge in [-0.2, -0.15) is 13.2 Å². The molecule has 29 heavy (non-hydrogen) atoms. The maximum Gasteiger partial charge on any atom is 0.416 e. The Morgan fingerprint density at radius 3 is 2.59 bits per heavy atom. The molecule has 1 aliphatic heterocycles. The molecular formula is C21H23F3N2O3. The molecule has 5 nitrogen and oxygen atoms in total. The summed E-state index contributed by atoms with van der Waals surface area (Å²) < 4.78 is 50.3. The monoisotopic (exact) mass is 408 g/mol. The van der Waals surface area contributed by atoms with Gasteiger partial charge in [-0.25, -0.2) is 0 Å². The van der Waals surface area contributed by atoms with Gasteiger partial charge in [-0.3, -0.25) is 4.79 Å². The maximum absolute atomic E-state index is 13.2. The Bertz CT molecular complexity index is 878. The first-order valence-electron chi connectivity index (χ1n) is 9.28. The Kier molecular flexibility index (Phi) is 6.32. The van der Waals surface area contributed by atoms with Crippen molar-refractivity contribution in [1.82, 2.24) is 0 Å². The minimum Gasteiger partial charge on any atom is -0.483 e. The number of amides is 1. The number of alkyl halides is 3. The lowest BCUT2D eigenvalue weighted by Crippen LogP contribution is -2.37. The first-order valence-corrected chi connectivity index (χ1v) is 9.28. The number of morpholine rings is 1. The molecule has 3 rings (SSSR count). The molecule has 0 bridgehead atoms. The number of nitrogens with one attached hydrogen (secondary N) is 1. The summed E-state index contributed by atoms with van der Waals surface area (Å²) in [5, 5.41) is 2.58. The standard InChI is InChI=1S/C21H23F3N2O3/c1-14-4-3-5-19(15(14)2)29-13-20(27)25-17-12-16(21(22,23)24)6-7-18(17)26-8-10-28-11-9-26/h3-7,12H,8-11,13H2,1-2H3,(H,25,27). The Balaban J connectivity index is 1.77. The number of carbonyl (C=O) groups excluding carboxylic acids is 1. The van der Waals surface area contributed by atoms with Gasteiger partial charge in [0.1, 0.15) is 5.75 Å². The van der Waals surface area contributed by atoms with E-state index in [4.69, 9.17) is 9.47 Å². The predicted molar refractivity (Wildman–Crippen MR) is 105 cm³/mol. The topological polar surface area (TPSA) is 50.8 Å². The van der Waals surface area contributed by atoms with Crippen molar-refractivity contribution in [3.63, 3.8) is 0 Å². The molecule has 2 aromatic rings. The molecule has 156 valence electrons. The average molecular weight is 408 g/mol. The fourth-order valence-corrected chi connectivity index (χ4v) is 3.10. The van der Waals surface area contributed by atoms with Gasteiger partial charge in [0, 0.05) is 13.1 Å². The van der Waals surface area contributed by atoms with Crippen LogP contribution in [0, 0.1) is 13.8 Å². The first-order chi connectivity index (χ1) is 13.8. The normalized spacial score (nSPS) is 14.6. The second kappa shape index (κ2) is 8.73. The second-order valence-corrected chi connectivity index (χ2v) is 6.86. The quantitative estimate of drug-likeness (QED) is 0.807. The summed E-state index contributed by atoms with van der Waals surface area (Å²) in [5.74, 6) is 0.0392. The van der Waals surface area contributed by atoms with Crippen LogP contribution < -0.4 is 15.0 Å². The molecule has 0 radical (unpaired) electrons. The molecule has 1 N–H and O–H groups in total. The zero-order valence-corrected chi connectivity index (χ0v) is 16.3. The van der Waals surface area contributed by atoms with Gasteiger partial charge in [-0.05, 0) is 49.2 Å². The van der Waals surface area contributed by atoms with Gasteiger partial charge >= 0.3 is 6.18 Å². The molecule has 0 spiro atoms. The molecular weight excluding hydrogens is 385 g/mol. The van der Waals surface area contributed by atoms with Crippen LogP contribution >= 0.6 is 0 Å². The van der Waals surface area contributed by atoms with E-state index in [0.717, 1.165) is 23.3 Å². The van der Waals surface area contributed by atoms with E-state index >= 15 is 0 Å². The van der Waals surface area contributed by atoms with E-state index in [-0.39, 0.29) is 12.3 Å². The van der Waals surface area contributed by atoms with Gasteiger partial charge in [0.25, 0.3) is 5.91 Å². The van der Waals surface area contributed by atoms with Gasteiger partial charge in [0.15, 0.2) is 6.61 Å². The summed E-state index contributed by atoms with van der Waals surface area (Å²) in [6.45, 7) is 5.53. The number of hydrogen-bond acceptors (Lipinski definition) is 4. The van der Waals surface area contributed by atoms with Crippen molar-refractivity contribution in [3.05, 3.63) is 53.1 Å². The van der Waals surface area contributed by atoms with Crippen LogP contribution in [0.25, 0.3) is 0 Å². The van der Waals surface area contributed by atoms with Gasteiger partial charge in [0.2, 0.25) is 0 Å². The first kappa shape index (κ1) is 21.0. The molecule has 1 fully saturated rings. The Morgan fingerprint density at radius 2 is 1.90 bits per heavy atom. The van der Waals surface area contributed by atoms with Crippen molar-refractivity contribution in [2.24, 2.45) is 0 Å². The third kappa shape index (κ3) is 5.20. The largest absolute Gasteiger partial charge is 0.483 e. The molecule has 0 saturated carbocycles. The van der Waals surface area contributed by atoms with Crippen LogP contribution in [0.1, 0.15) is 16.7 Å². The molecule has 8 heteroatoms. The van der Waals surface area contributed by atoms with E-state index in [1.54, 1.807) is 6.07 Å². The van der Waals surface area contributed by atoms with E-state index in [9.17, 15) is 18.0 Å². The second-order valence-electron chi connectivity index (χ2n) is 6.86. The van der Waals surface area contributed by atoms with E-state index < -0.39 is 17.6 Å². The molecule has 1 amide bonds. The summed E-state index contributed by atoms with van der Waals surface area (Å²) in [5.41, 5.74) is 1.75. The number of hydrogen-bond donors (Lipinski definition) is 1. The van der Waals surface area contributed by atoms with E-state index in [1.165, 1.54) is 6.07 Å². The number of carbonyl (C=O) groups is 1.